The van der Waals surface area contributed by atoms with Gasteiger partial charge in [-0.2, -0.15) is 0 Å². The highest BCUT2D eigenvalue weighted by Gasteiger charge is 2.28. The van der Waals surface area contributed by atoms with Crippen LogP contribution in [0.3, 0.4) is 0 Å². The number of fused-ring (bicyclic) bond motifs is 1. The maximum absolute atomic E-state index is 13.2. The second-order valence-electron chi connectivity index (χ2n) is 8.44. The van der Waals surface area contributed by atoms with Gasteiger partial charge in [0.1, 0.15) is 6.61 Å². The average Bonchev–Trinajstić information content (AvgIpc) is 3.22. The van der Waals surface area contributed by atoms with Gasteiger partial charge in [0.15, 0.2) is 11.5 Å². The molecule has 6 heteroatoms. The maximum Gasteiger partial charge on any atom is 0.253 e. The number of methoxy groups -OCH3 is 1. The van der Waals surface area contributed by atoms with Crippen LogP contribution in [0.5, 0.6) is 11.5 Å². The molecular weight excluding hydrogens is 424 g/mol. The number of piperidine rings is 1. The third kappa shape index (κ3) is 5.11. The lowest BCUT2D eigenvalue weighted by Crippen LogP contribution is -2.33. The van der Waals surface area contributed by atoms with Crippen LogP contribution in [-0.4, -0.2) is 50.7 Å². The van der Waals surface area contributed by atoms with Crippen LogP contribution in [0.15, 0.2) is 42.0 Å². The quantitative estimate of drug-likeness (QED) is 0.539. The number of hydrogen-bond donors (Lipinski definition) is 0. The lowest BCUT2D eigenvalue weighted by atomic mass is 10.1. The number of benzene rings is 2. The topological polar surface area (TPSA) is 42.0 Å². The van der Waals surface area contributed by atoms with Gasteiger partial charge >= 0.3 is 0 Å². The van der Waals surface area contributed by atoms with Crippen LogP contribution in [0, 0.1) is 0 Å². The number of likely N-dealkylation sites (tertiary alicyclic amines) is 1. The van der Waals surface area contributed by atoms with Crippen molar-refractivity contribution in [3.8, 4) is 11.5 Å². The number of carbonyl (C=O) groups is 1. The van der Waals surface area contributed by atoms with Crippen LogP contribution in [-0.2, 0) is 11.2 Å². The van der Waals surface area contributed by atoms with Crippen molar-refractivity contribution in [1.29, 1.82) is 0 Å². The smallest absolute Gasteiger partial charge is 0.253 e. The van der Waals surface area contributed by atoms with E-state index >= 15 is 0 Å². The molecule has 2 aliphatic heterocycles. The molecule has 1 amide bonds. The molecular formula is C26H31ClN2O3. The molecule has 0 aromatic heterocycles. The van der Waals surface area contributed by atoms with Crippen LogP contribution in [0.2, 0.25) is 5.02 Å². The Bertz CT molecular complexity index is 999. The van der Waals surface area contributed by atoms with Crippen molar-refractivity contribution in [1.82, 2.24) is 4.90 Å². The van der Waals surface area contributed by atoms with E-state index in [1.165, 1.54) is 19.3 Å². The summed E-state index contributed by atoms with van der Waals surface area (Å²) in [6.07, 6.45) is 6.50. The van der Waals surface area contributed by atoms with Gasteiger partial charge in [-0.1, -0.05) is 36.2 Å². The van der Waals surface area contributed by atoms with Crippen molar-refractivity contribution in [2.45, 2.75) is 32.6 Å². The third-order valence-electron chi connectivity index (χ3n) is 6.23. The summed E-state index contributed by atoms with van der Waals surface area (Å²) in [5.74, 6) is 1.39. The fourth-order valence-electron chi connectivity index (χ4n) is 4.45. The molecule has 0 spiro atoms. The van der Waals surface area contributed by atoms with Crippen molar-refractivity contribution < 1.29 is 14.3 Å². The molecule has 0 bridgehead atoms. The van der Waals surface area contributed by atoms with Crippen molar-refractivity contribution >= 4 is 29.3 Å². The summed E-state index contributed by atoms with van der Waals surface area (Å²) in [6, 6.07) is 11.5. The molecule has 2 aliphatic rings. The Balaban J connectivity index is 1.50. The summed E-state index contributed by atoms with van der Waals surface area (Å²) in [6.45, 7) is 6.27. The molecule has 32 heavy (non-hydrogen) atoms. The molecule has 2 aromatic carbocycles. The van der Waals surface area contributed by atoms with E-state index in [9.17, 15) is 4.79 Å². The zero-order chi connectivity index (χ0) is 22.5. The van der Waals surface area contributed by atoms with Crippen molar-refractivity contribution in [3.63, 3.8) is 0 Å². The summed E-state index contributed by atoms with van der Waals surface area (Å²) < 4.78 is 11.7. The Hall–Kier alpha value is -2.50. The average molecular weight is 455 g/mol. The van der Waals surface area contributed by atoms with E-state index in [4.69, 9.17) is 21.1 Å². The standard InChI is InChI=1S/C26H31ClN2O3/c1-19(16-20-8-4-5-9-22(20)27)26(30)29-13-10-21-17-24(31-2)25(18-23(21)29)32-15-14-28-11-6-3-7-12-28/h4-5,8-9,16-18H,3,6-7,10-15H2,1-2H3/b19-16+. The van der Waals surface area contributed by atoms with Crippen LogP contribution >= 0.6 is 11.6 Å². The molecule has 170 valence electrons. The van der Waals surface area contributed by atoms with Gasteiger partial charge < -0.3 is 14.4 Å². The number of halogens is 1. The molecule has 4 rings (SSSR count). The Kier molecular flexibility index (Phi) is 7.38. The van der Waals surface area contributed by atoms with Crippen molar-refractivity contribution in [2.24, 2.45) is 0 Å². The molecule has 0 atom stereocenters. The Morgan fingerprint density at radius 3 is 2.62 bits per heavy atom. The summed E-state index contributed by atoms with van der Waals surface area (Å²) >= 11 is 6.27. The first-order valence-corrected chi connectivity index (χ1v) is 11.8. The van der Waals surface area contributed by atoms with E-state index in [0.717, 1.165) is 48.6 Å². The summed E-state index contributed by atoms with van der Waals surface area (Å²) in [7, 11) is 1.66. The first-order valence-electron chi connectivity index (χ1n) is 11.4. The van der Waals surface area contributed by atoms with Crippen LogP contribution < -0.4 is 14.4 Å². The van der Waals surface area contributed by atoms with Gasteiger partial charge in [0, 0.05) is 29.8 Å². The zero-order valence-corrected chi connectivity index (χ0v) is 19.7. The lowest BCUT2D eigenvalue weighted by molar-refractivity contribution is -0.114. The van der Waals surface area contributed by atoms with Crippen LogP contribution in [0.25, 0.3) is 6.08 Å². The number of ether oxygens (including phenoxy) is 2. The molecule has 1 fully saturated rings. The second kappa shape index (κ2) is 10.4. The van der Waals surface area contributed by atoms with Gasteiger partial charge in [-0.15, -0.1) is 0 Å². The lowest BCUT2D eigenvalue weighted by Gasteiger charge is -2.26. The molecule has 1 saturated heterocycles. The molecule has 2 heterocycles. The maximum atomic E-state index is 13.2. The molecule has 0 saturated carbocycles. The highest BCUT2D eigenvalue weighted by molar-refractivity contribution is 6.32. The predicted molar refractivity (Wildman–Crippen MR) is 130 cm³/mol. The first kappa shape index (κ1) is 22.7. The van der Waals surface area contributed by atoms with E-state index < -0.39 is 0 Å². The Morgan fingerprint density at radius 2 is 1.88 bits per heavy atom. The summed E-state index contributed by atoms with van der Waals surface area (Å²) in [5, 5.41) is 0.635. The third-order valence-corrected chi connectivity index (χ3v) is 6.58. The normalized spacial score (nSPS) is 16.7. The minimum atomic E-state index is -0.0203. The fraction of sp³-hybridized carbons (Fsp3) is 0.423. The number of hydrogen-bond acceptors (Lipinski definition) is 4. The van der Waals surface area contributed by atoms with Crippen LogP contribution in [0.1, 0.15) is 37.3 Å². The van der Waals surface area contributed by atoms with E-state index in [1.807, 2.05) is 54.3 Å². The van der Waals surface area contributed by atoms with Gasteiger partial charge in [-0.25, -0.2) is 0 Å². The predicted octanol–water partition coefficient (Wildman–Crippen LogP) is 5.21. The molecule has 5 nitrogen and oxygen atoms in total. The minimum absolute atomic E-state index is 0.0203. The number of nitrogens with zero attached hydrogens (tertiary/aromatic N) is 2. The molecule has 0 N–H and O–H groups in total. The van der Waals surface area contributed by atoms with Gasteiger partial charge in [0.05, 0.1) is 12.8 Å². The Morgan fingerprint density at radius 1 is 1.09 bits per heavy atom. The molecule has 2 aromatic rings. The molecule has 0 unspecified atom stereocenters. The van der Waals surface area contributed by atoms with Gasteiger partial charge in [-0.05, 0) is 68.6 Å². The number of anilines is 1. The van der Waals surface area contributed by atoms with Gasteiger partial charge in [-0.3, -0.25) is 9.69 Å². The Labute approximate surface area is 195 Å². The minimum Gasteiger partial charge on any atom is -0.493 e. The highest BCUT2D eigenvalue weighted by atomic mass is 35.5. The van der Waals surface area contributed by atoms with Gasteiger partial charge in [0.25, 0.3) is 5.91 Å². The van der Waals surface area contributed by atoms with E-state index in [-0.39, 0.29) is 5.91 Å². The van der Waals surface area contributed by atoms with E-state index in [2.05, 4.69) is 4.90 Å². The zero-order valence-electron chi connectivity index (χ0n) is 18.9. The number of rotatable bonds is 7. The van der Waals surface area contributed by atoms with Crippen molar-refractivity contribution in [2.75, 3.05) is 44.8 Å². The largest absolute Gasteiger partial charge is 0.493 e. The molecule has 0 radical (unpaired) electrons. The molecule has 0 aliphatic carbocycles. The highest BCUT2D eigenvalue weighted by Crippen LogP contribution is 2.39. The number of carbonyl (C=O) groups excluding carboxylic acids is 1. The summed E-state index contributed by atoms with van der Waals surface area (Å²) in [4.78, 5) is 17.5. The monoisotopic (exact) mass is 454 g/mol. The first-order chi connectivity index (χ1) is 15.6. The number of amides is 1. The van der Waals surface area contributed by atoms with E-state index in [1.54, 1.807) is 7.11 Å². The van der Waals surface area contributed by atoms with E-state index in [0.29, 0.717) is 29.5 Å². The second-order valence-corrected chi connectivity index (χ2v) is 8.85. The summed E-state index contributed by atoms with van der Waals surface area (Å²) in [5.41, 5.74) is 3.49. The SMILES string of the molecule is COc1cc2c(cc1OCCN1CCCCC1)N(C(=O)/C(C)=C/c1ccccc1Cl)CC2. The van der Waals surface area contributed by atoms with Gasteiger partial charge in [0.2, 0.25) is 0 Å². The van der Waals surface area contributed by atoms with Crippen molar-refractivity contribution in [3.05, 3.63) is 58.1 Å². The fourth-order valence-corrected chi connectivity index (χ4v) is 4.64. The van der Waals surface area contributed by atoms with Crippen LogP contribution in [0.4, 0.5) is 5.69 Å².